The van der Waals surface area contributed by atoms with Crippen LogP contribution in [0.25, 0.3) is 11.1 Å². The second kappa shape index (κ2) is 8.48. The normalized spacial score (nSPS) is 20.1. The third-order valence-corrected chi connectivity index (χ3v) is 6.43. The first-order chi connectivity index (χ1) is 15.9. The minimum Gasteiger partial charge on any atom is -0.497 e. The lowest BCUT2D eigenvalue weighted by molar-refractivity contribution is 0.0682. The van der Waals surface area contributed by atoms with Crippen LogP contribution in [0.2, 0.25) is 0 Å². The summed E-state index contributed by atoms with van der Waals surface area (Å²) in [6, 6.07) is 16.3. The van der Waals surface area contributed by atoms with Crippen LogP contribution in [0, 0.1) is 11.6 Å². The number of benzene rings is 3. The molecule has 3 aromatic carbocycles. The molecule has 170 valence electrons. The van der Waals surface area contributed by atoms with Crippen LogP contribution in [0.15, 0.2) is 60.7 Å². The summed E-state index contributed by atoms with van der Waals surface area (Å²) in [5, 5.41) is 0. The van der Waals surface area contributed by atoms with E-state index in [-0.39, 0.29) is 23.6 Å². The van der Waals surface area contributed by atoms with Gasteiger partial charge in [-0.25, -0.2) is 8.78 Å². The third kappa shape index (κ3) is 4.04. The van der Waals surface area contributed by atoms with Crippen LogP contribution in [0.3, 0.4) is 0 Å². The molecule has 1 amide bonds. The van der Waals surface area contributed by atoms with Crippen molar-refractivity contribution in [1.29, 1.82) is 0 Å². The van der Waals surface area contributed by atoms with Crippen molar-refractivity contribution in [2.75, 3.05) is 27.2 Å². The van der Waals surface area contributed by atoms with Crippen LogP contribution < -0.4 is 9.47 Å². The molecule has 33 heavy (non-hydrogen) atoms. The van der Waals surface area contributed by atoms with Crippen molar-refractivity contribution in [2.24, 2.45) is 0 Å². The van der Waals surface area contributed by atoms with E-state index in [2.05, 4.69) is 4.90 Å². The van der Waals surface area contributed by atoms with Gasteiger partial charge < -0.3 is 14.4 Å². The summed E-state index contributed by atoms with van der Waals surface area (Å²) >= 11 is 0. The van der Waals surface area contributed by atoms with E-state index in [9.17, 15) is 13.6 Å². The zero-order valence-electron chi connectivity index (χ0n) is 18.4. The van der Waals surface area contributed by atoms with E-state index >= 15 is 0 Å². The minimum absolute atomic E-state index is 0.103. The number of carbonyl (C=O) groups excluding carboxylic acids is 1. The SMILES string of the molecule is COc1ccc(CN2C[C@@H]3Oc4cc(-c5ccc(F)cc5F)ccc4C(=O)N(C)[C@@H]3C2)cc1. The largest absolute Gasteiger partial charge is 0.497 e. The average molecular weight is 450 g/mol. The first-order valence-electron chi connectivity index (χ1n) is 10.8. The molecule has 0 N–H and O–H groups in total. The number of halogens is 2. The highest BCUT2D eigenvalue weighted by Crippen LogP contribution is 2.35. The van der Waals surface area contributed by atoms with Crippen LogP contribution in [0.1, 0.15) is 15.9 Å². The molecule has 0 aliphatic carbocycles. The maximum absolute atomic E-state index is 14.3. The topological polar surface area (TPSA) is 42.0 Å². The number of rotatable bonds is 4. The summed E-state index contributed by atoms with van der Waals surface area (Å²) in [6.07, 6.45) is -0.216. The van der Waals surface area contributed by atoms with Crippen molar-refractivity contribution in [3.05, 3.63) is 83.4 Å². The third-order valence-electron chi connectivity index (χ3n) is 6.43. The fourth-order valence-electron chi connectivity index (χ4n) is 4.63. The van der Waals surface area contributed by atoms with Gasteiger partial charge in [0.15, 0.2) is 0 Å². The average Bonchev–Trinajstić information content (AvgIpc) is 3.16. The van der Waals surface area contributed by atoms with Gasteiger partial charge in [-0.2, -0.15) is 0 Å². The Bertz CT molecular complexity index is 1200. The molecule has 2 atom stereocenters. The van der Waals surface area contributed by atoms with Crippen molar-refractivity contribution >= 4 is 5.91 Å². The Morgan fingerprint density at radius 3 is 2.48 bits per heavy atom. The maximum Gasteiger partial charge on any atom is 0.257 e. The van der Waals surface area contributed by atoms with Gasteiger partial charge in [-0.3, -0.25) is 9.69 Å². The number of hydrogen-bond acceptors (Lipinski definition) is 4. The lowest BCUT2D eigenvalue weighted by atomic mass is 10.0. The Morgan fingerprint density at radius 2 is 1.76 bits per heavy atom. The second-order valence-corrected chi connectivity index (χ2v) is 8.52. The molecule has 0 aromatic heterocycles. The number of likely N-dealkylation sites (N-methyl/N-ethyl adjacent to an activating group) is 1. The highest BCUT2D eigenvalue weighted by molar-refractivity contribution is 5.98. The van der Waals surface area contributed by atoms with E-state index in [0.29, 0.717) is 30.0 Å². The molecule has 7 heteroatoms. The van der Waals surface area contributed by atoms with Gasteiger partial charge in [-0.1, -0.05) is 18.2 Å². The van der Waals surface area contributed by atoms with Crippen molar-refractivity contribution in [3.8, 4) is 22.6 Å². The van der Waals surface area contributed by atoms with Crippen molar-refractivity contribution in [1.82, 2.24) is 9.80 Å². The minimum atomic E-state index is -0.656. The Hall–Kier alpha value is -3.45. The zero-order valence-corrected chi connectivity index (χ0v) is 18.4. The summed E-state index contributed by atoms with van der Waals surface area (Å²) < 4.78 is 39.2. The summed E-state index contributed by atoms with van der Waals surface area (Å²) in [4.78, 5) is 17.2. The summed E-state index contributed by atoms with van der Waals surface area (Å²) in [5.41, 5.74) is 2.39. The smallest absolute Gasteiger partial charge is 0.257 e. The highest BCUT2D eigenvalue weighted by atomic mass is 19.1. The number of amides is 1. The molecule has 1 fully saturated rings. The molecule has 5 rings (SSSR count). The molecule has 1 saturated heterocycles. The Labute approximate surface area is 191 Å². The lowest BCUT2D eigenvalue weighted by Crippen LogP contribution is -2.44. The maximum atomic E-state index is 14.3. The van der Waals surface area contributed by atoms with Gasteiger partial charge in [0.2, 0.25) is 0 Å². The summed E-state index contributed by atoms with van der Waals surface area (Å²) in [5.74, 6) is -0.188. The number of fused-ring (bicyclic) bond motifs is 2. The highest BCUT2D eigenvalue weighted by Gasteiger charge is 2.42. The molecule has 2 aliphatic heterocycles. The van der Waals surface area contributed by atoms with E-state index in [1.165, 1.54) is 12.1 Å². The molecule has 3 aromatic rings. The van der Waals surface area contributed by atoms with Gasteiger partial charge in [0.1, 0.15) is 29.2 Å². The first-order valence-corrected chi connectivity index (χ1v) is 10.8. The Balaban J connectivity index is 1.40. The summed E-state index contributed by atoms with van der Waals surface area (Å²) in [7, 11) is 3.43. The van der Waals surface area contributed by atoms with Crippen LogP contribution in [-0.4, -0.2) is 55.1 Å². The predicted molar refractivity (Wildman–Crippen MR) is 120 cm³/mol. The van der Waals surface area contributed by atoms with E-state index < -0.39 is 11.6 Å². The van der Waals surface area contributed by atoms with Gasteiger partial charge in [-0.15, -0.1) is 0 Å². The molecule has 0 bridgehead atoms. The Kier molecular flexibility index (Phi) is 5.50. The van der Waals surface area contributed by atoms with Crippen LogP contribution in [0.4, 0.5) is 8.78 Å². The molecular formula is C26H24F2N2O3. The monoisotopic (exact) mass is 450 g/mol. The second-order valence-electron chi connectivity index (χ2n) is 8.52. The van der Waals surface area contributed by atoms with Crippen LogP contribution >= 0.6 is 0 Å². The quantitative estimate of drug-likeness (QED) is 0.593. The number of likely N-dealkylation sites (tertiary alicyclic amines) is 1. The van der Waals surface area contributed by atoms with Crippen LogP contribution in [0.5, 0.6) is 11.5 Å². The van der Waals surface area contributed by atoms with E-state index in [1.807, 2.05) is 24.3 Å². The lowest BCUT2D eigenvalue weighted by Gasteiger charge is -2.25. The Morgan fingerprint density at radius 1 is 1.00 bits per heavy atom. The number of ether oxygens (including phenoxy) is 2. The van der Waals surface area contributed by atoms with E-state index in [0.717, 1.165) is 23.9 Å². The van der Waals surface area contributed by atoms with E-state index in [4.69, 9.17) is 9.47 Å². The molecule has 0 unspecified atom stereocenters. The molecular weight excluding hydrogens is 426 g/mol. The number of nitrogens with zero attached hydrogens (tertiary/aromatic N) is 2. The van der Waals surface area contributed by atoms with E-state index in [1.54, 1.807) is 37.3 Å². The first kappa shape index (κ1) is 21.4. The van der Waals surface area contributed by atoms with Crippen molar-refractivity contribution in [2.45, 2.75) is 18.7 Å². The van der Waals surface area contributed by atoms with Crippen molar-refractivity contribution < 1.29 is 23.0 Å². The number of methoxy groups -OCH3 is 1. The number of hydrogen-bond donors (Lipinski definition) is 0. The molecule has 5 nitrogen and oxygen atoms in total. The fraction of sp³-hybridized carbons (Fsp3) is 0.269. The van der Waals surface area contributed by atoms with Gasteiger partial charge >= 0.3 is 0 Å². The predicted octanol–water partition coefficient (Wildman–Crippen LogP) is 4.36. The molecule has 0 radical (unpaired) electrons. The molecule has 0 saturated carbocycles. The van der Waals surface area contributed by atoms with Gasteiger partial charge in [0, 0.05) is 38.3 Å². The standard InChI is InChI=1S/C26H24F2N2O3/c1-29-23-14-30(13-16-3-7-19(32-2)8-4-16)15-25(23)33-24-11-17(5-9-21(24)26(29)31)20-10-6-18(27)12-22(20)28/h3-12,23,25H,13-15H2,1-2H3/t23-,25+/m1/s1. The summed E-state index contributed by atoms with van der Waals surface area (Å²) in [6.45, 7) is 2.07. The van der Waals surface area contributed by atoms with Gasteiger partial charge in [0.05, 0.1) is 18.7 Å². The van der Waals surface area contributed by atoms with Crippen LogP contribution in [-0.2, 0) is 6.54 Å². The molecule has 2 heterocycles. The number of carbonyl (C=O) groups is 1. The van der Waals surface area contributed by atoms with Gasteiger partial charge in [0.25, 0.3) is 5.91 Å². The van der Waals surface area contributed by atoms with Gasteiger partial charge in [-0.05, 0) is 47.5 Å². The molecule has 2 aliphatic rings. The molecule has 0 spiro atoms. The zero-order chi connectivity index (χ0) is 23.1. The van der Waals surface area contributed by atoms with Crippen molar-refractivity contribution in [3.63, 3.8) is 0 Å². The fourth-order valence-corrected chi connectivity index (χ4v) is 4.63.